The average Bonchev–Trinajstić information content (AvgIpc) is 2.91. The van der Waals surface area contributed by atoms with Crippen molar-refractivity contribution in [2.45, 2.75) is 18.8 Å². The Morgan fingerprint density at radius 2 is 1.14 bits per heavy atom. The number of carbonyl (C=O) groups excluding carboxylic acids is 1. The standard InChI is InChI=1S/C30H30O5/c1-32-26-10-12-28(34-3)22(18-26)16-24-14-21(20-8-6-5-7-9-20)15-25(30(24)31)17-23-19-27(33-2)11-13-29(23)35-4/h5-13,16-19,21H,14-15H2,1-4H3/b24-16+,25-17+. The van der Waals surface area contributed by atoms with Crippen molar-refractivity contribution in [2.75, 3.05) is 28.4 Å². The summed E-state index contributed by atoms with van der Waals surface area (Å²) in [6, 6.07) is 21.5. The molecule has 0 N–H and O–H groups in total. The Hall–Kier alpha value is -3.99. The summed E-state index contributed by atoms with van der Waals surface area (Å²) in [5.41, 5.74) is 4.27. The lowest BCUT2D eigenvalue weighted by Crippen LogP contribution is -2.19. The number of ketones is 1. The Labute approximate surface area is 206 Å². The minimum absolute atomic E-state index is 0.0203. The number of Topliss-reactive ketones (excluding diaryl/α,β-unsaturated/α-hetero) is 1. The van der Waals surface area contributed by atoms with Crippen LogP contribution in [0.2, 0.25) is 0 Å². The summed E-state index contributed by atoms with van der Waals surface area (Å²) in [4.78, 5) is 13.7. The van der Waals surface area contributed by atoms with Crippen molar-refractivity contribution in [3.63, 3.8) is 0 Å². The maximum Gasteiger partial charge on any atom is 0.185 e. The summed E-state index contributed by atoms with van der Waals surface area (Å²) in [7, 11) is 6.50. The van der Waals surface area contributed by atoms with Gasteiger partial charge in [0.2, 0.25) is 0 Å². The number of carbonyl (C=O) groups is 1. The van der Waals surface area contributed by atoms with Crippen LogP contribution >= 0.6 is 0 Å². The Kier molecular flexibility index (Phi) is 7.56. The zero-order valence-electron chi connectivity index (χ0n) is 20.5. The van der Waals surface area contributed by atoms with Gasteiger partial charge in [-0.3, -0.25) is 4.79 Å². The highest BCUT2D eigenvalue weighted by Gasteiger charge is 2.29. The topological polar surface area (TPSA) is 54.0 Å². The van der Waals surface area contributed by atoms with Crippen molar-refractivity contribution in [2.24, 2.45) is 0 Å². The first-order valence-corrected chi connectivity index (χ1v) is 11.5. The Bertz CT molecular complexity index is 1180. The highest BCUT2D eigenvalue weighted by atomic mass is 16.5. The number of hydrogen-bond donors (Lipinski definition) is 0. The number of rotatable bonds is 7. The molecule has 0 spiro atoms. The SMILES string of the molecule is COc1ccc(OC)c(/C=C2\CC(c3ccccc3)C/C(=C\c3cc(OC)ccc3OC)C2=O)c1. The molecule has 4 rings (SSSR count). The van der Waals surface area contributed by atoms with Crippen LogP contribution in [0.25, 0.3) is 12.2 Å². The van der Waals surface area contributed by atoms with E-state index in [1.165, 1.54) is 5.56 Å². The molecule has 0 atom stereocenters. The van der Waals surface area contributed by atoms with Gasteiger partial charge in [-0.1, -0.05) is 30.3 Å². The minimum Gasteiger partial charge on any atom is -0.497 e. The second-order valence-corrected chi connectivity index (χ2v) is 8.40. The largest absolute Gasteiger partial charge is 0.497 e. The fourth-order valence-corrected chi connectivity index (χ4v) is 4.48. The van der Waals surface area contributed by atoms with Gasteiger partial charge < -0.3 is 18.9 Å². The van der Waals surface area contributed by atoms with Crippen LogP contribution in [0, 0.1) is 0 Å². The molecule has 0 radical (unpaired) electrons. The van der Waals surface area contributed by atoms with Crippen LogP contribution in [-0.2, 0) is 4.79 Å². The molecular formula is C30H30O5. The Balaban J connectivity index is 1.82. The second kappa shape index (κ2) is 11.0. The summed E-state index contributed by atoms with van der Waals surface area (Å²) in [5, 5.41) is 0. The average molecular weight is 471 g/mol. The molecule has 1 aliphatic carbocycles. The van der Waals surface area contributed by atoms with Gasteiger partial charge >= 0.3 is 0 Å². The lowest BCUT2D eigenvalue weighted by Gasteiger charge is -2.26. The molecule has 0 amide bonds. The third kappa shape index (κ3) is 5.40. The van der Waals surface area contributed by atoms with E-state index in [2.05, 4.69) is 12.1 Å². The lowest BCUT2D eigenvalue weighted by atomic mass is 9.76. The van der Waals surface area contributed by atoms with E-state index in [9.17, 15) is 4.79 Å². The minimum atomic E-state index is 0.0203. The van der Waals surface area contributed by atoms with E-state index in [0.29, 0.717) is 35.8 Å². The van der Waals surface area contributed by atoms with Gasteiger partial charge in [0, 0.05) is 22.3 Å². The fraction of sp³-hybridized carbons (Fsp3) is 0.233. The van der Waals surface area contributed by atoms with Crippen molar-refractivity contribution >= 4 is 17.9 Å². The van der Waals surface area contributed by atoms with Crippen LogP contribution < -0.4 is 18.9 Å². The van der Waals surface area contributed by atoms with Crippen LogP contribution in [0.15, 0.2) is 77.9 Å². The van der Waals surface area contributed by atoms with Gasteiger partial charge in [0.1, 0.15) is 23.0 Å². The zero-order chi connectivity index (χ0) is 24.8. The van der Waals surface area contributed by atoms with Crippen LogP contribution in [-0.4, -0.2) is 34.2 Å². The van der Waals surface area contributed by atoms with E-state index in [-0.39, 0.29) is 11.7 Å². The molecule has 1 fully saturated rings. The number of ether oxygens (including phenoxy) is 4. The van der Waals surface area contributed by atoms with Crippen LogP contribution in [0.1, 0.15) is 35.4 Å². The van der Waals surface area contributed by atoms with E-state index >= 15 is 0 Å². The van der Waals surface area contributed by atoms with Crippen molar-refractivity contribution in [1.29, 1.82) is 0 Å². The summed E-state index contributed by atoms with van der Waals surface area (Å²) in [5.74, 6) is 2.97. The Morgan fingerprint density at radius 3 is 1.57 bits per heavy atom. The number of hydrogen-bond acceptors (Lipinski definition) is 5. The molecular weight excluding hydrogens is 440 g/mol. The second-order valence-electron chi connectivity index (χ2n) is 8.40. The number of allylic oxidation sites excluding steroid dienone is 2. The molecule has 0 heterocycles. The molecule has 0 bridgehead atoms. The molecule has 5 heteroatoms. The zero-order valence-corrected chi connectivity index (χ0v) is 20.5. The number of benzene rings is 3. The van der Waals surface area contributed by atoms with Gasteiger partial charge in [-0.25, -0.2) is 0 Å². The molecule has 1 saturated carbocycles. The van der Waals surface area contributed by atoms with Gasteiger partial charge in [0.05, 0.1) is 28.4 Å². The molecule has 180 valence electrons. The monoisotopic (exact) mass is 470 g/mol. The van der Waals surface area contributed by atoms with Crippen LogP contribution in [0.4, 0.5) is 0 Å². The first-order chi connectivity index (χ1) is 17.1. The summed E-state index contributed by atoms with van der Waals surface area (Å²) in [6.45, 7) is 0. The molecule has 0 aromatic heterocycles. The van der Waals surface area contributed by atoms with E-state index in [0.717, 1.165) is 22.3 Å². The predicted octanol–water partition coefficient (Wildman–Crippen LogP) is 6.33. The fourth-order valence-electron chi connectivity index (χ4n) is 4.48. The molecule has 35 heavy (non-hydrogen) atoms. The maximum absolute atomic E-state index is 13.7. The third-order valence-corrected chi connectivity index (χ3v) is 6.32. The van der Waals surface area contributed by atoms with Crippen molar-refractivity contribution in [3.8, 4) is 23.0 Å². The normalized spacial score (nSPS) is 17.9. The maximum atomic E-state index is 13.7. The van der Waals surface area contributed by atoms with Crippen molar-refractivity contribution in [3.05, 3.63) is 94.6 Å². The summed E-state index contributed by atoms with van der Waals surface area (Å²) < 4.78 is 21.9. The van der Waals surface area contributed by atoms with E-state index < -0.39 is 0 Å². The summed E-state index contributed by atoms with van der Waals surface area (Å²) in [6.07, 6.45) is 5.12. The highest BCUT2D eigenvalue weighted by molar-refractivity contribution is 6.14. The summed E-state index contributed by atoms with van der Waals surface area (Å²) >= 11 is 0. The molecule has 3 aromatic carbocycles. The van der Waals surface area contributed by atoms with Gasteiger partial charge in [0.25, 0.3) is 0 Å². The molecule has 5 nitrogen and oxygen atoms in total. The first kappa shape index (κ1) is 24.1. The van der Waals surface area contributed by atoms with Crippen molar-refractivity contribution in [1.82, 2.24) is 0 Å². The molecule has 0 aliphatic heterocycles. The third-order valence-electron chi connectivity index (χ3n) is 6.32. The smallest absolute Gasteiger partial charge is 0.185 e. The van der Waals surface area contributed by atoms with Crippen LogP contribution in [0.3, 0.4) is 0 Å². The van der Waals surface area contributed by atoms with Gasteiger partial charge in [-0.15, -0.1) is 0 Å². The molecule has 3 aromatic rings. The van der Waals surface area contributed by atoms with Gasteiger partial charge in [-0.2, -0.15) is 0 Å². The van der Waals surface area contributed by atoms with Crippen molar-refractivity contribution < 1.29 is 23.7 Å². The highest BCUT2D eigenvalue weighted by Crippen LogP contribution is 2.40. The van der Waals surface area contributed by atoms with Crippen LogP contribution in [0.5, 0.6) is 23.0 Å². The first-order valence-electron chi connectivity index (χ1n) is 11.5. The molecule has 0 unspecified atom stereocenters. The Morgan fingerprint density at radius 1 is 0.657 bits per heavy atom. The molecule has 0 saturated heterocycles. The van der Waals surface area contributed by atoms with E-state index in [1.54, 1.807) is 28.4 Å². The van der Waals surface area contributed by atoms with E-state index in [1.807, 2.05) is 66.7 Å². The quantitative estimate of drug-likeness (QED) is 0.378. The lowest BCUT2D eigenvalue weighted by molar-refractivity contribution is -0.113. The predicted molar refractivity (Wildman–Crippen MR) is 138 cm³/mol. The van der Waals surface area contributed by atoms with E-state index in [4.69, 9.17) is 18.9 Å². The van der Waals surface area contributed by atoms with Gasteiger partial charge in [-0.05, 0) is 72.9 Å². The van der Waals surface area contributed by atoms with Gasteiger partial charge in [0.15, 0.2) is 5.78 Å². The molecule has 1 aliphatic rings. The number of methoxy groups -OCH3 is 4.